The molecule has 0 aliphatic carbocycles. The number of likely N-dealkylation sites (N-methyl/N-ethyl adjacent to an activating group) is 1. The molecule has 3 amide bonds. The number of rotatable bonds is 8. The van der Waals surface area contributed by atoms with Gasteiger partial charge < -0.3 is 25.0 Å². The standard InChI is InChI=1S/C29H34N4O6S/c1-20-17-33(21(2)19-34)28(35)24-15-10-16-25(31-40(37,38)23-13-8-5-9-14-23)27(24)39-26(20)18-32(3)29(36)30-22-11-6-4-7-12-22/h4-16,20-21,26,31,34H,17-19H2,1-3H3,(H,30,36)/t20-,21+,26-/m1/s1. The van der Waals surface area contributed by atoms with E-state index in [2.05, 4.69) is 10.0 Å². The normalized spacial score (nSPS) is 18.0. The second-order valence-electron chi connectivity index (χ2n) is 9.90. The van der Waals surface area contributed by atoms with Crippen molar-refractivity contribution in [1.29, 1.82) is 0 Å². The van der Waals surface area contributed by atoms with Crippen molar-refractivity contribution in [2.45, 2.75) is 30.9 Å². The Morgan fingerprint density at radius 2 is 1.73 bits per heavy atom. The van der Waals surface area contributed by atoms with Gasteiger partial charge in [0.05, 0.1) is 35.3 Å². The lowest BCUT2D eigenvalue weighted by atomic mass is 9.99. The zero-order valence-electron chi connectivity index (χ0n) is 22.7. The van der Waals surface area contributed by atoms with E-state index in [1.165, 1.54) is 23.1 Å². The maximum atomic E-state index is 13.6. The highest BCUT2D eigenvalue weighted by Gasteiger charge is 2.35. The smallest absolute Gasteiger partial charge is 0.321 e. The molecule has 0 spiro atoms. The minimum absolute atomic E-state index is 0.0579. The summed E-state index contributed by atoms with van der Waals surface area (Å²) >= 11 is 0. The molecule has 212 valence electrons. The molecule has 3 aromatic carbocycles. The van der Waals surface area contributed by atoms with Crippen LogP contribution in [0.3, 0.4) is 0 Å². The molecule has 1 aliphatic rings. The van der Waals surface area contributed by atoms with Gasteiger partial charge in [0.1, 0.15) is 6.10 Å². The highest BCUT2D eigenvalue weighted by atomic mass is 32.2. The maximum Gasteiger partial charge on any atom is 0.321 e. The average Bonchev–Trinajstić information content (AvgIpc) is 2.95. The Morgan fingerprint density at radius 1 is 1.07 bits per heavy atom. The molecule has 0 saturated heterocycles. The van der Waals surface area contributed by atoms with E-state index in [1.807, 2.05) is 25.1 Å². The van der Waals surface area contributed by atoms with Crippen molar-refractivity contribution in [3.63, 3.8) is 0 Å². The number of aliphatic hydroxyl groups excluding tert-OH is 1. The Hall–Kier alpha value is -4.09. The topological polar surface area (TPSA) is 128 Å². The quantitative estimate of drug-likeness (QED) is 0.380. The zero-order chi connectivity index (χ0) is 28.9. The van der Waals surface area contributed by atoms with Crippen molar-refractivity contribution < 1.29 is 27.9 Å². The van der Waals surface area contributed by atoms with Crippen LogP contribution in [0.25, 0.3) is 0 Å². The largest absolute Gasteiger partial charge is 0.485 e. The van der Waals surface area contributed by atoms with Crippen LogP contribution in [0.15, 0.2) is 83.8 Å². The lowest BCUT2D eigenvalue weighted by Gasteiger charge is -2.38. The molecule has 0 saturated carbocycles. The molecule has 4 rings (SSSR count). The summed E-state index contributed by atoms with van der Waals surface area (Å²) < 4.78 is 35.3. The summed E-state index contributed by atoms with van der Waals surface area (Å²) in [5.41, 5.74) is 0.895. The molecule has 0 bridgehead atoms. The van der Waals surface area contributed by atoms with Crippen LogP contribution < -0.4 is 14.8 Å². The third kappa shape index (κ3) is 6.54. The number of ether oxygens (including phenoxy) is 1. The minimum atomic E-state index is -3.99. The van der Waals surface area contributed by atoms with Crippen LogP contribution in [0.1, 0.15) is 24.2 Å². The fourth-order valence-corrected chi connectivity index (χ4v) is 5.52. The van der Waals surface area contributed by atoms with Gasteiger partial charge in [-0.1, -0.05) is 49.4 Å². The average molecular weight is 567 g/mol. The zero-order valence-corrected chi connectivity index (χ0v) is 23.5. The number of urea groups is 1. The molecule has 40 heavy (non-hydrogen) atoms. The molecule has 3 atom stereocenters. The summed E-state index contributed by atoms with van der Waals surface area (Å²) in [4.78, 5) is 29.7. The number of amides is 3. The Balaban J connectivity index is 1.69. The van der Waals surface area contributed by atoms with Crippen LogP contribution in [-0.4, -0.2) is 74.2 Å². The second kappa shape index (κ2) is 12.4. The number of para-hydroxylation sites is 2. The van der Waals surface area contributed by atoms with Crippen LogP contribution >= 0.6 is 0 Å². The minimum Gasteiger partial charge on any atom is -0.485 e. The molecule has 0 unspecified atom stereocenters. The first-order valence-electron chi connectivity index (χ1n) is 13.0. The van der Waals surface area contributed by atoms with E-state index < -0.39 is 28.1 Å². The van der Waals surface area contributed by atoms with Gasteiger partial charge in [-0.25, -0.2) is 13.2 Å². The van der Waals surface area contributed by atoms with Gasteiger partial charge in [0.25, 0.3) is 15.9 Å². The first-order valence-corrected chi connectivity index (χ1v) is 14.5. The third-order valence-corrected chi connectivity index (χ3v) is 8.20. The molecule has 10 nitrogen and oxygen atoms in total. The van der Waals surface area contributed by atoms with Gasteiger partial charge in [0.15, 0.2) is 5.75 Å². The Morgan fingerprint density at radius 3 is 2.38 bits per heavy atom. The molecule has 3 aromatic rings. The number of aliphatic hydroxyl groups is 1. The lowest BCUT2D eigenvalue weighted by Crippen LogP contribution is -2.50. The van der Waals surface area contributed by atoms with Crippen molar-refractivity contribution >= 4 is 33.3 Å². The van der Waals surface area contributed by atoms with Crippen LogP contribution in [0.2, 0.25) is 0 Å². The molecule has 3 N–H and O–H groups in total. The van der Waals surface area contributed by atoms with E-state index in [0.717, 1.165) is 0 Å². The fourth-order valence-electron chi connectivity index (χ4n) is 4.44. The number of hydrogen-bond acceptors (Lipinski definition) is 6. The van der Waals surface area contributed by atoms with Crippen LogP contribution in [0.4, 0.5) is 16.2 Å². The maximum absolute atomic E-state index is 13.6. The molecule has 1 heterocycles. The van der Waals surface area contributed by atoms with Gasteiger partial charge in [0.2, 0.25) is 0 Å². The molecule has 1 aliphatic heterocycles. The summed E-state index contributed by atoms with van der Waals surface area (Å²) in [5.74, 6) is -0.606. The monoisotopic (exact) mass is 566 g/mol. The van der Waals surface area contributed by atoms with Crippen molar-refractivity contribution in [2.24, 2.45) is 5.92 Å². The van der Waals surface area contributed by atoms with E-state index in [4.69, 9.17) is 4.74 Å². The Kier molecular flexibility index (Phi) is 8.96. The number of sulfonamides is 1. The summed E-state index contributed by atoms with van der Waals surface area (Å²) in [6.45, 7) is 3.79. The van der Waals surface area contributed by atoms with E-state index in [-0.39, 0.29) is 53.5 Å². The molecular weight excluding hydrogens is 532 g/mol. The number of nitrogens with zero attached hydrogens (tertiary/aromatic N) is 2. The lowest BCUT2D eigenvalue weighted by molar-refractivity contribution is 0.0373. The molecule has 11 heteroatoms. The fraction of sp³-hybridized carbons (Fsp3) is 0.310. The van der Waals surface area contributed by atoms with Gasteiger partial charge in [0, 0.05) is 25.2 Å². The van der Waals surface area contributed by atoms with Gasteiger partial charge >= 0.3 is 6.03 Å². The molecule has 0 aromatic heterocycles. The molecule has 0 fully saturated rings. The van der Waals surface area contributed by atoms with Crippen LogP contribution in [0.5, 0.6) is 5.75 Å². The number of benzene rings is 3. The summed E-state index contributed by atoms with van der Waals surface area (Å²) in [5, 5.41) is 12.7. The van der Waals surface area contributed by atoms with Gasteiger partial charge in [-0.05, 0) is 43.3 Å². The van der Waals surface area contributed by atoms with Crippen molar-refractivity contribution in [2.75, 3.05) is 36.8 Å². The molecule has 0 radical (unpaired) electrons. The SMILES string of the molecule is C[C@@H]1CN([C@@H](C)CO)C(=O)c2cccc(NS(=O)(=O)c3ccccc3)c2O[C@@H]1CN(C)C(=O)Nc1ccccc1. The van der Waals surface area contributed by atoms with Crippen LogP contribution in [0, 0.1) is 5.92 Å². The van der Waals surface area contributed by atoms with Crippen LogP contribution in [-0.2, 0) is 10.0 Å². The summed E-state index contributed by atoms with van der Waals surface area (Å²) in [6.07, 6.45) is -0.617. The van der Waals surface area contributed by atoms with E-state index in [0.29, 0.717) is 5.69 Å². The number of carbonyl (C=O) groups excluding carboxylic acids is 2. The summed E-state index contributed by atoms with van der Waals surface area (Å²) in [6, 6.07) is 20.8. The Labute approximate surface area is 234 Å². The van der Waals surface area contributed by atoms with E-state index in [1.54, 1.807) is 61.3 Å². The van der Waals surface area contributed by atoms with Crippen molar-refractivity contribution in [3.8, 4) is 5.75 Å². The number of nitrogens with one attached hydrogen (secondary N) is 2. The van der Waals surface area contributed by atoms with Gasteiger partial charge in [-0.3, -0.25) is 9.52 Å². The second-order valence-corrected chi connectivity index (χ2v) is 11.6. The number of hydrogen-bond donors (Lipinski definition) is 3. The number of anilines is 2. The predicted octanol–water partition coefficient (Wildman–Crippen LogP) is 3.87. The van der Waals surface area contributed by atoms with E-state index in [9.17, 15) is 23.1 Å². The van der Waals surface area contributed by atoms with Gasteiger partial charge in [-0.2, -0.15) is 0 Å². The first-order chi connectivity index (χ1) is 19.1. The van der Waals surface area contributed by atoms with E-state index >= 15 is 0 Å². The van der Waals surface area contributed by atoms with Crippen molar-refractivity contribution in [3.05, 3.63) is 84.4 Å². The first kappa shape index (κ1) is 28.9. The molecular formula is C29H34N4O6S. The highest BCUT2D eigenvalue weighted by molar-refractivity contribution is 7.92. The number of carbonyl (C=O) groups is 2. The summed E-state index contributed by atoms with van der Waals surface area (Å²) in [7, 11) is -2.36. The predicted molar refractivity (Wildman–Crippen MR) is 153 cm³/mol. The van der Waals surface area contributed by atoms with Crippen molar-refractivity contribution in [1.82, 2.24) is 9.80 Å². The number of fused-ring (bicyclic) bond motifs is 1. The van der Waals surface area contributed by atoms with Gasteiger partial charge in [-0.15, -0.1) is 0 Å². The highest BCUT2D eigenvalue weighted by Crippen LogP contribution is 2.36. The Bertz CT molecular complexity index is 1440. The third-order valence-electron chi connectivity index (χ3n) is 6.81.